The van der Waals surface area contributed by atoms with Gasteiger partial charge in [-0.3, -0.25) is 10.1 Å². The van der Waals surface area contributed by atoms with E-state index in [0.717, 1.165) is 31.6 Å². The van der Waals surface area contributed by atoms with Crippen LogP contribution in [0.25, 0.3) is 11.1 Å². The number of anilines is 3. The van der Waals surface area contributed by atoms with Gasteiger partial charge in [-0.15, -0.1) is 0 Å². The summed E-state index contributed by atoms with van der Waals surface area (Å²) in [5.41, 5.74) is 2.96. The molecule has 13 heteroatoms. The van der Waals surface area contributed by atoms with Gasteiger partial charge in [-0.1, -0.05) is 17.7 Å². The molecule has 4 aromatic rings. The predicted molar refractivity (Wildman–Crippen MR) is 156 cm³/mol. The number of halogens is 2. The first-order valence-electron chi connectivity index (χ1n) is 13.2. The Hall–Kier alpha value is -4.97. The predicted octanol–water partition coefficient (Wildman–Crippen LogP) is 5.34. The third-order valence-corrected chi connectivity index (χ3v) is 7.39. The molecule has 214 valence electrons. The van der Waals surface area contributed by atoms with E-state index in [2.05, 4.69) is 30.8 Å². The molecule has 2 aromatic heterocycles. The Kier molecular flexibility index (Phi) is 7.21. The van der Waals surface area contributed by atoms with E-state index in [1.807, 2.05) is 18.2 Å². The van der Waals surface area contributed by atoms with Gasteiger partial charge in [0.2, 0.25) is 5.96 Å². The summed E-state index contributed by atoms with van der Waals surface area (Å²) in [6, 6.07) is 11.5. The number of hydrogen-bond acceptors (Lipinski definition) is 9. The molecule has 2 aliphatic heterocycles. The molecule has 0 aliphatic carbocycles. The SMILES string of the molecule is CC1=C(C(=O)Nc2cc(C(=O)O)ccn2)C(c2ccc(N3CCCC3)cc2Cl)N=C(Nc2nc3ccc(F)cc3o2)N1. The Bertz CT molecular complexity index is 1780. The van der Waals surface area contributed by atoms with Crippen molar-refractivity contribution in [2.75, 3.05) is 28.6 Å². The van der Waals surface area contributed by atoms with Crippen LogP contribution in [0.3, 0.4) is 0 Å². The highest BCUT2D eigenvalue weighted by molar-refractivity contribution is 6.32. The van der Waals surface area contributed by atoms with Gasteiger partial charge in [-0.2, -0.15) is 4.98 Å². The smallest absolute Gasteiger partial charge is 0.335 e. The lowest BCUT2D eigenvalue weighted by molar-refractivity contribution is -0.113. The van der Waals surface area contributed by atoms with Crippen molar-refractivity contribution in [2.45, 2.75) is 25.8 Å². The van der Waals surface area contributed by atoms with Crippen LogP contribution in [0.4, 0.5) is 21.9 Å². The number of nitrogens with zero attached hydrogens (tertiary/aromatic N) is 4. The van der Waals surface area contributed by atoms with E-state index >= 15 is 0 Å². The molecule has 0 spiro atoms. The highest BCUT2D eigenvalue weighted by atomic mass is 35.5. The molecule has 42 heavy (non-hydrogen) atoms. The third-order valence-electron chi connectivity index (χ3n) is 7.06. The number of aliphatic imine (C=N–C) groups is 1. The molecule has 1 unspecified atom stereocenters. The number of amides is 1. The molecular weight excluding hydrogens is 565 g/mol. The second-order valence-corrected chi connectivity index (χ2v) is 10.3. The van der Waals surface area contributed by atoms with E-state index < -0.39 is 23.7 Å². The topological polar surface area (TPSA) is 145 Å². The zero-order chi connectivity index (χ0) is 29.4. The van der Waals surface area contributed by atoms with Crippen molar-refractivity contribution < 1.29 is 23.5 Å². The maximum Gasteiger partial charge on any atom is 0.335 e. The Morgan fingerprint density at radius 2 is 1.95 bits per heavy atom. The van der Waals surface area contributed by atoms with Gasteiger partial charge in [0.1, 0.15) is 23.2 Å². The molecule has 1 atom stereocenters. The fraction of sp³-hybridized carbons (Fsp3) is 0.207. The summed E-state index contributed by atoms with van der Waals surface area (Å²) in [5, 5.41) is 18.5. The van der Waals surface area contributed by atoms with Crippen LogP contribution in [-0.2, 0) is 4.79 Å². The molecule has 4 heterocycles. The average molecular weight is 590 g/mol. The van der Waals surface area contributed by atoms with E-state index in [-0.39, 0.29) is 34.5 Å². The van der Waals surface area contributed by atoms with E-state index in [9.17, 15) is 19.1 Å². The number of carbonyl (C=O) groups is 2. The first-order valence-corrected chi connectivity index (χ1v) is 13.6. The van der Waals surface area contributed by atoms with Crippen molar-refractivity contribution in [3.8, 4) is 0 Å². The molecule has 6 rings (SSSR count). The minimum Gasteiger partial charge on any atom is -0.478 e. The van der Waals surface area contributed by atoms with Crippen molar-refractivity contribution in [3.63, 3.8) is 0 Å². The molecule has 11 nitrogen and oxygen atoms in total. The quantitative estimate of drug-likeness (QED) is 0.234. The summed E-state index contributed by atoms with van der Waals surface area (Å²) in [5.74, 6) is -1.84. The van der Waals surface area contributed by atoms with Crippen molar-refractivity contribution in [1.82, 2.24) is 15.3 Å². The zero-order valence-corrected chi connectivity index (χ0v) is 23.1. The Morgan fingerprint density at radius 1 is 1.14 bits per heavy atom. The van der Waals surface area contributed by atoms with Crippen LogP contribution in [0.1, 0.15) is 41.7 Å². The van der Waals surface area contributed by atoms with E-state index in [4.69, 9.17) is 21.0 Å². The fourth-order valence-electron chi connectivity index (χ4n) is 5.04. The van der Waals surface area contributed by atoms with Crippen molar-refractivity contribution in [3.05, 3.63) is 88.0 Å². The first kappa shape index (κ1) is 27.2. The first-order chi connectivity index (χ1) is 20.2. The number of guanidine groups is 1. The fourth-order valence-corrected chi connectivity index (χ4v) is 5.32. The van der Waals surface area contributed by atoms with Crippen LogP contribution >= 0.6 is 11.6 Å². The van der Waals surface area contributed by atoms with Crippen LogP contribution < -0.4 is 20.9 Å². The minimum absolute atomic E-state index is 0.0208. The zero-order valence-electron chi connectivity index (χ0n) is 22.3. The maximum absolute atomic E-state index is 13.7. The van der Waals surface area contributed by atoms with Gasteiger partial charge in [-0.05, 0) is 56.2 Å². The summed E-state index contributed by atoms with van der Waals surface area (Å²) in [4.78, 5) is 40.5. The van der Waals surface area contributed by atoms with E-state index in [1.54, 1.807) is 6.92 Å². The van der Waals surface area contributed by atoms with Gasteiger partial charge in [0.25, 0.3) is 5.91 Å². The summed E-state index contributed by atoms with van der Waals surface area (Å²) in [7, 11) is 0. The molecule has 1 amide bonds. The van der Waals surface area contributed by atoms with Crippen molar-refractivity contribution >= 4 is 58.1 Å². The standard InChI is InChI=1S/C29H25ClFN7O4/c1-15-24(26(39)35-23-12-16(27(40)41)8-9-32-23)25(19-6-5-18(14-20(19)30)38-10-2-3-11-38)36-28(33-15)37-29-34-21-7-4-17(31)13-22(21)42-29/h4-9,12-14,25H,2-3,10-11H2,1H3,(H,40,41)(H,32,35,39)(H2,33,34,36,37). The average Bonchev–Trinajstić information content (AvgIpc) is 3.62. The van der Waals surface area contributed by atoms with Gasteiger partial charge in [0, 0.05) is 47.3 Å². The van der Waals surface area contributed by atoms with Crippen LogP contribution in [0.5, 0.6) is 0 Å². The number of rotatable bonds is 6. The number of oxazole rings is 1. The second kappa shape index (κ2) is 11.1. The molecule has 4 N–H and O–H groups in total. The Labute approximate surface area is 244 Å². The number of hydrogen-bond donors (Lipinski definition) is 4. The highest BCUT2D eigenvalue weighted by Gasteiger charge is 2.32. The monoisotopic (exact) mass is 589 g/mol. The Morgan fingerprint density at radius 3 is 2.71 bits per heavy atom. The number of fused-ring (bicyclic) bond motifs is 1. The van der Waals surface area contributed by atoms with Crippen LogP contribution in [0.15, 0.2) is 75.4 Å². The summed E-state index contributed by atoms with van der Waals surface area (Å²) >= 11 is 6.82. The number of carbonyl (C=O) groups excluding carboxylic acids is 1. The summed E-state index contributed by atoms with van der Waals surface area (Å²) < 4.78 is 19.3. The lowest BCUT2D eigenvalue weighted by atomic mass is 9.95. The largest absolute Gasteiger partial charge is 0.478 e. The summed E-state index contributed by atoms with van der Waals surface area (Å²) in [6.45, 7) is 3.59. The Balaban J connectivity index is 1.35. The van der Waals surface area contributed by atoms with E-state index in [0.29, 0.717) is 21.8 Å². The third kappa shape index (κ3) is 5.48. The number of nitrogens with one attached hydrogen (secondary N) is 3. The molecule has 1 saturated heterocycles. The van der Waals surface area contributed by atoms with Crippen LogP contribution in [-0.4, -0.2) is 46.0 Å². The summed E-state index contributed by atoms with van der Waals surface area (Å²) in [6.07, 6.45) is 3.52. The van der Waals surface area contributed by atoms with E-state index in [1.165, 1.54) is 36.5 Å². The number of carboxylic acid groups (broad SMARTS) is 1. The van der Waals surface area contributed by atoms with Gasteiger partial charge in [0.15, 0.2) is 5.58 Å². The minimum atomic E-state index is -1.15. The number of carboxylic acids is 1. The number of aromatic nitrogens is 2. The molecule has 1 fully saturated rings. The lowest BCUT2D eigenvalue weighted by Gasteiger charge is -2.27. The lowest BCUT2D eigenvalue weighted by Crippen LogP contribution is -2.37. The van der Waals surface area contributed by atoms with Gasteiger partial charge in [0.05, 0.1) is 11.1 Å². The normalized spacial score (nSPS) is 16.8. The maximum atomic E-state index is 13.7. The second-order valence-electron chi connectivity index (χ2n) is 9.89. The number of allylic oxidation sites excluding steroid dienone is 1. The number of benzene rings is 2. The van der Waals surface area contributed by atoms with Crippen molar-refractivity contribution in [1.29, 1.82) is 0 Å². The molecule has 2 aliphatic rings. The van der Waals surface area contributed by atoms with Crippen LogP contribution in [0.2, 0.25) is 5.02 Å². The molecule has 2 aromatic carbocycles. The number of aromatic carboxylic acids is 1. The molecular formula is C29H25ClFN7O4. The van der Waals surface area contributed by atoms with Gasteiger partial charge in [-0.25, -0.2) is 19.2 Å². The highest BCUT2D eigenvalue weighted by Crippen LogP contribution is 2.38. The van der Waals surface area contributed by atoms with Crippen molar-refractivity contribution in [2.24, 2.45) is 4.99 Å². The van der Waals surface area contributed by atoms with Crippen LogP contribution in [0, 0.1) is 5.82 Å². The molecule has 0 radical (unpaired) electrons. The van der Waals surface area contributed by atoms with Gasteiger partial charge >= 0.3 is 12.0 Å². The van der Waals surface area contributed by atoms with Gasteiger partial charge < -0.3 is 25.1 Å². The molecule has 0 saturated carbocycles. The number of pyridine rings is 1. The molecule has 0 bridgehead atoms.